The molecule has 2 N–H and O–H groups in total. The second-order valence-electron chi connectivity index (χ2n) is 3.91. The Bertz CT molecular complexity index is 312. The van der Waals surface area contributed by atoms with E-state index in [1.165, 1.54) is 0 Å². The maximum atomic E-state index is 5.93. The van der Waals surface area contributed by atoms with Gasteiger partial charge >= 0.3 is 0 Å². The highest BCUT2D eigenvalue weighted by Gasteiger charge is 2.16. The highest BCUT2D eigenvalue weighted by molar-refractivity contribution is 5.46. The smallest absolute Gasteiger partial charge is 0.213 e. The van der Waals surface area contributed by atoms with Crippen LogP contribution in [0.3, 0.4) is 0 Å². The molecule has 0 bridgehead atoms. The Morgan fingerprint density at radius 3 is 3.00 bits per heavy atom. The molecular weight excluding hydrogens is 190 g/mol. The maximum Gasteiger partial charge on any atom is 0.213 e. The lowest BCUT2D eigenvalue weighted by Crippen LogP contribution is -2.42. The Balaban J connectivity index is 2.07. The number of hydrogen-bond donors (Lipinski definition) is 1. The molecule has 0 saturated carbocycles. The van der Waals surface area contributed by atoms with Crippen molar-refractivity contribution >= 4 is 5.69 Å². The summed E-state index contributed by atoms with van der Waals surface area (Å²) in [6.07, 6.45) is 4.13. The first-order valence-corrected chi connectivity index (χ1v) is 5.30. The summed E-state index contributed by atoms with van der Waals surface area (Å²) in [5.41, 5.74) is 7.06. The summed E-state index contributed by atoms with van der Waals surface area (Å²) in [5.74, 6) is 0.653. The summed E-state index contributed by atoms with van der Waals surface area (Å²) >= 11 is 0. The van der Waals surface area contributed by atoms with Gasteiger partial charge in [0.15, 0.2) is 0 Å². The van der Waals surface area contributed by atoms with E-state index in [1.807, 2.05) is 18.3 Å². The Morgan fingerprint density at radius 2 is 2.40 bits per heavy atom. The zero-order valence-corrected chi connectivity index (χ0v) is 9.02. The van der Waals surface area contributed by atoms with Gasteiger partial charge in [0, 0.05) is 25.2 Å². The van der Waals surface area contributed by atoms with E-state index in [0.29, 0.717) is 11.9 Å². The van der Waals surface area contributed by atoms with Crippen molar-refractivity contribution < 1.29 is 4.74 Å². The highest BCUT2D eigenvalue weighted by atomic mass is 16.5. The number of nitrogens with zero attached hydrogens (tertiary/aromatic N) is 2. The standard InChI is InChI=1S/C11H17N3O/c1-15-11-5-4-10(7-13-11)14-6-2-3-9(12)8-14/h4-5,7,9H,2-3,6,8,12H2,1H3/t9-/m0/s1. The number of pyridine rings is 1. The van der Waals surface area contributed by atoms with Gasteiger partial charge in [0.1, 0.15) is 0 Å². The molecule has 4 nitrogen and oxygen atoms in total. The molecule has 1 aliphatic heterocycles. The van der Waals surface area contributed by atoms with Crippen LogP contribution >= 0.6 is 0 Å². The first-order chi connectivity index (χ1) is 7.29. The maximum absolute atomic E-state index is 5.93. The van der Waals surface area contributed by atoms with Crippen LogP contribution in [0.25, 0.3) is 0 Å². The van der Waals surface area contributed by atoms with Crippen LogP contribution < -0.4 is 15.4 Å². The molecule has 15 heavy (non-hydrogen) atoms. The normalized spacial score (nSPS) is 21.5. The molecule has 0 amide bonds. The van der Waals surface area contributed by atoms with Gasteiger partial charge in [-0.1, -0.05) is 0 Å². The average Bonchev–Trinajstić information content (AvgIpc) is 2.29. The fraction of sp³-hybridized carbons (Fsp3) is 0.545. The minimum absolute atomic E-state index is 0.292. The second kappa shape index (κ2) is 4.49. The number of piperidine rings is 1. The van der Waals surface area contributed by atoms with E-state index in [2.05, 4.69) is 9.88 Å². The van der Waals surface area contributed by atoms with E-state index >= 15 is 0 Å². The molecule has 4 heteroatoms. The summed E-state index contributed by atoms with van der Waals surface area (Å²) < 4.78 is 5.02. The number of nitrogens with two attached hydrogens (primary N) is 1. The molecule has 2 rings (SSSR count). The average molecular weight is 207 g/mol. The Labute approximate surface area is 90.0 Å². The van der Waals surface area contributed by atoms with Crippen molar-refractivity contribution in [2.45, 2.75) is 18.9 Å². The predicted molar refractivity (Wildman–Crippen MR) is 60.2 cm³/mol. The number of hydrogen-bond acceptors (Lipinski definition) is 4. The van der Waals surface area contributed by atoms with Gasteiger partial charge in [-0.2, -0.15) is 0 Å². The van der Waals surface area contributed by atoms with Crippen LogP contribution in [0.15, 0.2) is 18.3 Å². The van der Waals surface area contributed by atoms with Crippen LogP contribution in [0, 0.1) is 0 Å². The first-order valence-electron chi connectivity index (χ1n) is 5.30. The fourth-order valence-electron chi connectivity index (χ4n) is 1.92. The van der Waals surface area contributed by atoms with Crippen molar-refractivity contribution in [3.8, 4) is 5.88 Å². The third-order valence-corrected chi connectivity index (χ3v) is 2.75. The number of rotatable bonds is 2. The molecule has 0 radical (unpaired) electrons. The third kappa shape index (κ3) is 2.39. The molecule has 82 valence electrons. The Kier molecular flexibility index (Phi) is 3.06. The van der Waals surface area contributed by atoms with Crippen molar-refractivity contribution in [3.05, 3.63) is 18.3 Å². The van der Waals surface area contributed by atoms with Gasteiger partial charge < -0.3 is 15.4 Å². The van der Waals surface area contributed by atoms with Crippen LogP contribution in [-0.4, -0.2) is 31.2 Å². The van der Waals surface area contributed by atoms with Gasteiger partial charge in [0.25, 0.3) is 0 Å². The number of ether oxygens (including phenoxy) is 1. The molecule has 1 atom stereocenters. The zero-order valence-electron chi connectivity index (χ0n) is 9.02. The topological polar surface area (TPSA) is 51.4 Å². The lowest BCUT2D eigenvalue weighted by molar-refractivity contribution is 0.397. The Morgan fingerprint density at radius 1 is 1.53 bits per heavy atom. The number of aromatic nitrogens is 1. The molecule has 1 fully saturated rings. The molecule has 0 aliphatic carbocycles. The zero-order chi connectivity index (χ0) is 10.7. The van der Waals surface area contributed by atoms with E-state index in [9.17, 15) is 0 Å². The van der Waals surface area contributed by atoms with Crippen molar-refractivity contribution in [2.24, 2.45) is 5.73 Å². The van der Waals surface area contributed by atoms with Crippen LogP contribution in [0.4, 0.5) is 5.69 Å². The van der Waals surface area contributed by atoms with Gasteiger partial charge in [-0.3, -0.25) is 0 Å². The third-order valence-electron chi connectivity index (χ3n) is 2.75. The molecule has 0 aromatic carbocycles. The van der Waals surface area contributed by atoms with Gasteiger partial charge in [0.05, 0.1) is 19.0 Å². The van der Waals surface area contributed by atoms with Gasteiger partial charge in [-0.15, -0.1) is 0 Å². The van der Waals surface area contributed by atoms with Crippen LogP contribution in [0.5, 0.6) is 5.88 Å². The highest BCUT2D eigenvalue weighted by Crippen LogP contribution is 2.20. The van der Waals surface area contributed by atoms with Crippen molar-refractivity contribution in [2.75, 3.05) is 25.1 Å². The van der Waals surface area contributed by atoms with Gasteiger partial charge in [-0.05, 0) is 18.9 Å². The van der Waals surface area contributed by atoms with Crippen LogP contribution in [0.1, 0.15) is 12.8 Å². The molecule has 2 heterocycles. The summed E-state index contributed by atoms with van der Waals surface area (Å²) in [5, 5.41) is 0. The summed E-state index contributed by atoms with van der Waals surface area (Å²) in [4.78, 5) is 6.47. The van der Waals surface area contributed by atoms with E-state index in [0.717, 1.165) is 31.6 Å². The molecule has 1 aromatic heterocycles. The summed E-state index contributed by atoms with van der Waals surface area (Å²) in [7, 11) is 1.62. The first kappa shape index (κ1) is 10.2. The fourth-order valence-corrected chi connectivity index (χ4v) is 1.92. The van der Waals surface area contributed by atoms with Gasteiger partial charge in [0.2, 0.25) is 5.88 Å². The lowest BCUT2D eigenvalue weighted by Gasteiger charge is -2.32. The van der Waals surface area contributed by atoms with E-state index in [-0.39, 0.29) is 0 Å². The minimum atomic E-state index is 0.292. The van der Waals surface area contributed by atoms with Crippen LogP contribution in [-0.2, 0) is 0 Å². The molecule has 0 unspecified atom stereocenters. The molecule has 1 aliphatic rings. The quantitative estimate of drug-likeness (QED) is 0.786. The molecular formula is C11H17N3O. The van der Waals surface area contributed by atoms with Crippen molar-refractivity contribution in [3.63, 3.8) is 0 Å². The SMILES string of the molecule is COc1ccc(N2CCC[C@H](N)C2)cn1. The second-order valence-corrected chi connectivity index (χ2v) is 3.91. The van der Waals surface area contributed by atoms with Crippen molar-refractivity contribution in [1.82, 2.24) is 4.98 Å². The van der Waals surface area contributed by atoms with E-state index in [1.54, 1.807) is 7.11 Å². The number of methoxy groups -OCH3 is 1. The summed E-state index contributed by atoms with van der Waals surface area (Å²) in [6.45, 7) is 2.00. The van der Waals surface area contributed by atoms with Crippen LogP contribution in [0.2, 0.25) is 0 Å². The summed E-state index contributed by atoms with van der Waals surface area (Å²) in [6, 6.07) is 4.21. The molecule has 1 saturated heterocycles. The minimum Gasteiger partial charge on any atom is -0.481 e. The monoisotopic (exact) mass is 207 g/mol. The molecule has 0 spiro atoms. The van der Waals surface area contributed by atoms with E-state index in [4.69, 9.17) is 10.5 Å². The van der Waals surface area contributed by atoms with E-state index < -0.39 is 0 Å². The Hall–Kier alpha value is -1.29. The van der Waals surface area contributed by atoms with Crippen molar-refractivity contribution in [1.29, 1.82) is 0 Å². The largest absolute Gasteiger partial charge is 0.481 e. The predicted octanol–water partition coefficient (Wildman–Crippen LogP) is 1.02. The molecule has 1 aromatic rings. The lowest BCUT2D eigenvalue weighted by atomic mass is 10.1. The number of anilines is 1. The van der Waals surface area contributed by atoms with Gasteiger partial charge in [-0.25, -0.2) is 4.98 Å².